The van der Waals surface area contributed by atoms with E-state index in [1.54, 1.807) is 14.2 Å². The number of hydrogen-bond donors (Lipinski definition) is 0. The van der Waals surface area contributed by atoms with Gasteiger partial charge in [-0.2, -0.15) is 0 Å². The fourth-order valence-corrected chi connectivity index (χ4v) is 4.19. The molecule has 2 heterocycles. The number of amides is 1. The number of likely N-dealkylation sites (tertiary alicyclic amines) is 2. The second kappa shape index (κ2) is 7.43. The van der Waals surface area contributed by atoms with Gasteiger partial charge in [-0.3, -0.25) is 4.79 Å². The maximum atomic E-state index is 12.9. The molecule has 0 spiro atoms. The SMILES string of the molecule is COc1ccc(CC(=O)N2CCC[C@H]2[C@@H]2CCCN2C)c(OC)c1. The van der Waals surface area contributed by atoms with Crippen LogP contribution in [0.2, 0.25) is 0 Å². The lowest BCUT2D eigenvalue weighted by Crippen LogP contribution is -2.47. The van der Waals surface area contributed by atoms with Crippen LogP contribution in [0.5, 0.6) is 11.5 Å². The van der Waals surface area contributed by atoms with Crippen molar-refractivity contribution >= 4 is 5.91 Å². The third-order valence-electron chi connectivity index (χ3n) is 5.48. The number of ether oxygens (including phenoxy) is 2. The molecule has 132 valence electrons. The predicted molar refractivity (Wildman–Crippen MR) is 93.6 cm³/mol. The predicted octanol–water partition coefficient (Wildman–Crippen LogP) is 2.33. The van der Waals surface area contributed by atoms with Gasteiger partial charge in [0.25, 0.3) is 0 Å². The summed E-state index contributed by atoms with van der Waals surface area (Å²) < 4.78 is 10.7. The third kappa shape index (κ3) is 3.36. The summed E-state index contributed by atoms with van der Waals surface area (Å²) in [5.41, 5.74) is 0.925. The summed E-state index contributed by atoms with van der Waals surface area (Å²) in [4.78, 5) is 17.5. The lowest BCUT2D eigenvalue weighted by molar-refractivity contribution is -0.132. The Labute approximate surface area is 144 Å². The first-order chi connectivity index (χ1) is 11.6. The molecule has 2 aliphatic rings. The zero-order valence-corrected chi connectivity index (χ0v) is 15.0. The van der Waals surface area contributed by atoms with Crippen LogP contribution in [0.4, 0.5) is 0 Å². The van der Waals surface area contributed by atoms with E-state index in [0.717, 1.165) is 43.0 Å². The van der Waals surface area contributed by atoms with E-state index >= 15 is 0 Å². The summed E-state index contributed by atoms with van der Waals surface area (Å²) in [6, 6.07) is 6.55. The first-order valence-electron chi connectivity index (χ1n) is 8.84. The molecule has 2 saturated heterocycles. The van der Waals surface area contributed by atoms with Gasteiger partial charge in [-0.25, -0.2) is 0 Å². The highest BCUT2D eigenvalue weighted by Gasteiger charge is 2.38. The zero-order valence-electron chi connectivity index (χ0n) is 15.0. The minimum absolute atomic E-state index is 0.210. The molecule has 5 heteroatoms. The molecule has 0 N–H and O–H groups in total. The number of nitrogens with zero attached hydrogens (tertiary/aromatic N) is 2. The van der Waals surface area contributed by atoms with Gasteiger partial charge in [-0.05, 0) is 45.3 Å². The van der Waals surface area contributed by atoms with Gasteiger partial charge in [0.2, 0.25) is 5.91 Å². The number of carbonyl (C=O) groups excluding carboxylic acids is 1. The number of rotatable bonds is 5. The summed E-state index contributed by atoms with van der Waals surface area (Å²) in [7, 11) is 5.45. The quantitative estimate of drug-likeness (QED) is 0.830. The lowest BCUT2D eigenvalue weighted by Gasteiger charge is -2.33. The Morgan fingerprint density at radius 2 is 1.88 bits per heavy atom. The number of benzene rings is 1. The van der Waals surface area contributed by atoms with Crippen molar-refractivity contribution in [3.05, 3.63) is 23.8 Å². The third-order valence-corrected chi connectivity index (χ3v) is 5.48. The monoisotopic (exact) mass is 332 g/mol. The van der Waals surface area contributed by atoms with Crippen molar-refractivity contribution in [2.75, 3.05) is 34.4 Å². The molecule has 2 fully saturated rings. The minimum Gasteiger partial charge on any atom is -0.497 e. The highest BCUT2D eigenvalue weighted by atomic mass is 16.5. The van der Waals surface area contributed by atoms with Crippen LogP contribution in [-0.4, -0.2) is 62.1 Å². The Bertz CT molecular complexity index is 590. The molecule has 2 aliphatic heterocycles. The molecule has 0 bridgehead atoms. The van der Waals surface area contributed by atoms with Crippen molar-refractivity contribution in [1.29, 1.82) is 0 Å². The molecule has 1 amide bonds. The number of hydrogen-bond acceptors (Lipinski definition) is 4. The molecule has 0 unspecified atom stereocenters. The zero-order chi connectivity index (χ0) is 17.1. The van der Waals surface area contributed by atoms with E-state index in [9.17, 15) is 4.79 Å². The Balaban J connectivity index is 1.72. The van der Waals surface area contributed by atoms with Gasteiger partial charge in [0, 0.05) is 30.3 Å². The number of carbonyl (C=O) groups is 1. The van der Waals surface area contributed by atoms with Crippen LogP contribution in [0, 0.1) is 0 Å². The molecule has 0 aliphatic carbocycles. The van der Waals surface area contributed by atoms with Crippen molar-refractivity contribution < 1.29 is 14.3 Å². The van der Waals surface area contributed by atoms with Gasteiger partial charge in [0.15, 0.2) is 0 Å². The molecule has 1 aromatic rings. The first-order valence-corrected chi connectivity index (χ1v) is 8.84. The van der Waals surface area contributed by atoms with Crippen LogP contribution in [0.3, 0.4) is 0 Å². The Morgan fingerprint density at radius 1 is 1.12 bits per heavy atom. The molecule has 5 nitrogen and oxygen atoms in total. The van der Waals surface area contributed by atoms with Crippen LogP contribution < -0.4 is 9.47 Å². The second-order valence-corrected chi connectivity index (χ2v) is 6.84. The fraction of sp³-hybridized carbons (Fsp3) is 0.632. The molecule has 2 atom stereocenters. The summed E-state index contributed by atoms with van der Waals surface area (Å²) in [6.45, 7) is 2.03. The topological polar surface area (TPSA) is 42.0 Å². The standard InChI is InChI=1S/C19H28N2O3/c1-20-10-4-6-16(20)17-7-5-11-21(17)19(22)12-14-8-9-15(23-2)13-18(14)24-3/h8-9,13,16-17H,4-7,10-12H2,1-3H3/t16-,17-/m0/s1. The van der Waals surface area contributed by atoms with Gasteiger partial charge < -0.3 is 19.3 Å². The van der Waals surface area contributed by atoms with E-state index in [1.165, 1.54) is 12.8 Å². The van der Waals surface area contributed by atoms with Crippen molar-refractivity contribution in [3.63, 3.8) is 0 Å². The fourth-order valence-electron chi connectivity index (χ4n) is 4.19. The van der Waals surface area contributed by atoms with Crippen LogP contribution in [0.15, 0.2) is 18.2 Å². The van der Waals surface area contributed by atoms with E-state index in [4.69, 9.17) is 9.47 Å². The summed E-state index contributed by atoms with van der Waals surface area (Å²) in [5, 5.41) is 0. The van der Waals surface area contributed by atoms with Crippen LogP contribution in [0.1, 0.15) is 31.2 Å². The van der Waals surface area contributed by atoms with Gasteiger partial charge in [0.1, 0.15) is 11.5 Å². The van der Waals surface area contributed by atoms with E-state index in [2.05, 4.69) is 16.8 Å². The van der Waals surface area contributed by atoms with Gasteiger partial charge in [0.05, 0.1) is 20.6 Å². The maximum Gasteiger partial charge on any atom is 0.227 e. The second-order valence-electron chi connectivity index (χ2n) is 6.84. The first kappa shape index (κ1) is 17.1. The van der Waals surface area contributed by atoms with Gasteiger partial charge >= 0.3 is 0 Å². The molecule has 0 saturated carbocycles. The average Bonchev–Trinajstić information content (AvgIpc) is 3.23. The smallest absolute Gasteiger partial charge is 0.227 e. The van der Waals surface area contributed by atoms with Crippen molar-refractivity contribution in [1.82, 2.24) is 9.80 Å². The average molecular weight is 332 g/mol. The van der Waals surface area contributed by atoms with E-state index < -0.39 is 0 Å². The highest BCUT2D eigenvalue weighted by molar-refractivity contribution is 5.80. The van der Waals surface area contributed by atoms with E-state index in [1.807, 2.05) is 18.2 Å². The molecular weight excluding hydrogens is 304 g/mol. The van der Waals surface area contributed by atoms with E-state index in [0.29, 0.717) is 18.5 Å². The minimum atomic E-state index is 0.210. The largest absolute Gasteiger partial charge is 0.497 e. The lowest BCUT2D eigenvalue weighted by atomic mass is 10.0. The summed E-state index contributed by atoms with van der Waals surface area (Å²) in [6.07, 6.45) is 5.07. The molecule has 24 heavy (non-hydrogen) atoms. The maximum absolute atomic E-state index is 12.9. The van der Waals surface area contributed by atoms with Gasteiger partial charge in [-0.1, -0.05) is 6.07 Å². The normalized spacial score (nSPS) is 24.4. The van der Waals surface area contributed by atoms with E-state index in [-0.39, 0.29) is 5.91 Å². The Morgan fingerprint density at radius 3 is 2.54 bits per heavy atom. The number of likely N-dealkylation sites (N-methyl/N-ethyl adjacent to an activating group) is 1. The Kier molecular flexibility index (Phi) is 5.29. The summed E-state index contributed by atoms with van der Waals surface area (Å²) >= 11 is 0. The molecular formula is C19H28N2O3. The number of methoxy groups -OCH3 is 2. The molecule has 3 rings (SSSR count). The van der Waals surface area contributed by atoms with Crippen LogP contribution >= 0.6 is 0 Å². The Hall–Kier alpha value is -1.75. The van der Waals surface area contributed by atoms with Crippen molar-refractivity contribution in [2.24, 2.45) is 0 Å². The van der Waals surface area contributed by atoms with Crippen LogP contribution in [0.25, 0.3) is 0 Å². The molecule has 0 radical (unpaired) electrons. The van der Waals surface area contributed by atoms with Crippen LogP contribution in [-0.2, 0) is 11.2 Å². The van der Waals surface area contributed by atoms with Crippen molar-refractivity contribution in [2.45, 2.75) is 44.2 Å². The highest BCUT2D eigenvalue weighted by Crippen LogP contribution is 2.31. The summed E-state index contributed by atoms with van der Waals surface area (Å²) in [5.74, 6) is 1.67. The molecule has 0 aromatic heterocycles. The van der Waals surface area contributed by atoms with Crippen molar-refractivity contribution in [3.8, 4) is 11.5 Å². The van der Waals surface area contributed by atoms with Gasteiger partial charge in [-0.15, -0.1) is 0 Å². The molecule has 1 aromatic carbocycles.